The minimum Gasteiger partial charge on any atom is -0.473 e. The third-order valence-electron chi connectivity index (χ3n) is 3.52. The maximum absolute atomic E-state index is 9.10. The molecule has 8 heteroatoms. The van der Waals surface area contributed by atoms with Gasteiger partial charge in [0.25, 0.3) is 0 Å². The number of carboxylic acid groups (broad SMARTS) is 2. The molecule has 1 aromatic heterocycles. The number of aliphatic hydroxyl groups excluding tert-OH is 1. The average molecular weight is 383 g/mol. The lowest BCUT2D eigenvalue weighted by molar-refractivity contribution is -0.159. The quantitative estimate of drug-likeness (QED) is 0.472. The van der Waals surface area contributed by atoms with E-state index in [2.05, 4.69) is 36.1 Å². The van der Waals surface area contributed by atoms with Crippen molar-refractivity contribution in [2.45, 2.75) is 13.3 Å². The fourth-order valence-electron chi connectivity index (χ4n) is 2.18. The Hall–Kier alpha value is -2.00. The number of hydrogen-bond acceptors (Lipinski definition) is 6. The molecule has 144 valence electrons. The van der Waals surface area contributed by atoms with Crippen molar-refractivity contribution >= 4 is 33.4 Å². The van der Waals surface area contributed by atoms with E-state index in [0.29, 0.717) is 6.54 Å². The van der Waals surface area contributed by atoms with E-state index in [1.165, 1.54) is 20.5 Å². The molecule has 2 rings (SSSR count). The minimum absolute atomic E-state index is 0.205. The molecule has 0 saturated heterocycles. The van der Waals surface area contributed by atoms with Gasteiger partial charge in [-0.05, 0) is 43.5 Å². The number of hydrogen-bond donors (Lipinski definition) is 3. The van der Waals surface area contributed by atoms with Crippen LogP contribution in [0.1, 0.15) is 10.4 Å². The molecule has 1 aromatic carbocycles. The van der Waals surface area contributed by atoms with Gasteiger partial charge in [0, 0.05) is 22.7 Å². The first-order valence-electron chi connectivity index (χ1n) is 8.16. The first kappa shape index (κ1) is 22.0. The first-order valence-corrected chi connectivity index (χ1v) is 8.97. The molecule has 1 heterocycles. The molecule has 0 aliphatic heterocycles. The molecule has 0 unspecified atom stereocenters. The monoisotopic (exact) mass is 383 g/mol. The van der Waals surface area contributed by atoms with Crippen LogP contribution in [-0.4, -0.2) is 72.1 Å². The topological polar surface area (TPSA) is 107 Å². The van der Waals surface area contributed by atoms with Crippen molar-refractivity contribution in [1.29, 1.82) is 0 Å². The smallest absolute Gasteiger partial charge is 0.414 e. The van der Waals surface area contributed by atoms with E-state index in [-0.39, 0.29) is 6.61 Å². The maximum atomic E-state index is 9.10. The molecule has 2 aromatic rings. The molecule has 0 aliphatic rings. The number of fused-ring (bicyclic) bond motifs is 1. The number of benzene rings is 1. The van der Waals surface area contributed by atoms with Crippen molar-refractivity contribution in [3.63, 3.8) is 0 Å². The van der Waals surface area contributed by atoms with Gasteiger partial charge >= 0.3 is 11.9 Å². The summed E-state index contributed by atoms with van der Waals surface area (Å²) in [6.45, 7) is 5.39. The van der Waals surface area contributed by atoms with Crippen LogP contribution >= 0.6 is 11.3 Å². The van der Waals surface area contributed by atoms with E-state index in [0.717, 1.165) is 26.2 Å². The molecule has 0 aliphatic carbocycles. The number of nitrogens with zero attached hydrogens (tertiary/aromatic N) is 1. The molecule has 0 fully saturated rings. The molecule has 0 radical (unpaired) electrons. The Balaban J connectivity index is 0.000000487. The lowest BCUT2D eigenvalue weighted by atomic mass is 10.1. The van der Waals surface area contributed by atoms with Crippen LogP contribution in [0.15, 0.2) is 24.3 Å². The Kier molecular flexibility index (Phi) is 9.82. The second kappa shape index (κ2) is 11.6. The van der Waals surface area contributed by atoms with Crippen LogP contribution in [0.2, 0.25) is 0 Å². The second-order valence-electron chi connectivity index (χ2n) is 5.73. The summed E-state index contributed by atoms with van der Waals surface area (Å²) in [7, 11) is 1.99. The molecule has 0 saturated carbocycles. The predicted molar refractivity (Wildman–Crippen MR) is 101 cm³/mol. The molecule has 3 N–H and O–H groups in total. The summed E-state index contributed by atoms with van der Waals surface area (Å²) in [5, 5.41) is 24.9. The van der Waals surface area contributed by atoms with E-state index >= 15 is 0 Å². The SMILES string of the molecule is Cc1cc2cc(CCOCCN(C)CCO)ccc2s1.O=C(O)C(=O)O. The van der Waals surface area contributed by atoms with Gasteiger partial charge in [-0.1, -0.05) is 12.1 Å². The van der Waals surface area contributed by atoms with Gasteiger partial charge in [-0.2, -0.15) is 0 Å². The van der Waals surface area contributed by atoms with Gasteiger partial charge in [0.2, 0.25) is 0 Å². The molecule has 0 spiro atoms. The largest absolute Gasteiger partial charge is 0.473 e. The van der Waals surface area contributed by atoms with E-state index in [9.17, 15) is 0 Å². The van der Waals surface area contributed by atoms with Crippen molar-refractivity contribution in [1.82, 2.24) is 4.90 Å². The Labute approximate surface area is 156 Å². The highest BCUT2D eigenvalue weighted by Crippen LogP contribution is 2.25. The number of aryl methyl sites for hydroxylation is 1. The number of ether oxygens (including phenoxy) is 1. The van der Waals surface area contributed by atoms with Gasteiger partial charge in [-0.15, -0.1) is 11.3 Å². The summed E-state index contributed by atoms with van der Waals surface area (Å²) in [5.41, 5.74) is 1.33. The number of carboxylic acids is 2. The number of carbonyl (C=O) groups is 2. The van der Waals surface area contributed by atoms with Gasteiger partial charge in [-0.3, -0.25) is 0 Å². The highest BCUT2D eigenvalue weighted by Gasteiger charge is 2.04. The average Bonchev–Trinajstić information content (AvgIpc) is 2.94. The van der Waals surface area contributed by atoms with Gasteiger partial charge in [0.05, 0.1) is 19.8 Å². The highest BCUT2D eigenvalue weighted by atomic mass is 32.1. The summed E-state index contributed by atoms with van der Waals surface area (Å²) >= 11 is 1.84. The summed E-state index contributed by atoms with van der Waals surface area (Å²) < 4.78 is 7.01. The second-order valence-corrected chi connectivity index (χ2v) is 7.02. The standard InChI is InChI=1S/C16H23NO2S.C2H2O4/c1-13-11-15-12-14(3-4-16(15)20-13)5-9-19-10-7-17(2)6-8-18;3-1(4)2(5)6/h3-4,11-12,18H,5-10H2,1-2H3;(H,3,4)(H,5,6). The van der Waals surface area contributed by atoms with Crippen molar-refractivity contribution < 1.29 is 29.6 Å². The summed E-state index contributed by atoms with van der Waals surface area (Å²) in [6, 6.07) is 8.91. The highest BCUT2D eigenvalue weighted by molar-refractivity contribution is 7.19. The van der Waals surface area contributed by atoms with Crippen LogP contribution in [0.3, 0.4) is 0 Å². The Morgan fingerprint density at radius 2 is 1.81 bits per heavy atom. The summed E-state index contributed by atoms with van der Waals surface area (Å²) in [4.78, 5) is 21.6. The van der Waals surface area contributed by atoms with E-state index in [1.807, 2.05) is 18.4 Å². The molecule has 0 bridgehead atoms. The van der Waals surface area contributed by atoms with Crippen molar-refractivity contribution in [2.75, 3.05) is 40.0 Å². The van der Waals surface area contributed by atoms with Crippen LogP contribution in [0.4, 0.5) is 0 Å². The zero-order chi connectivity index (χ0) is 19.5. The minimum atomic E-state index is -1.82. The third-order valence-corrected chi connectivity index (χ3v) is 4.55. The number of rotatable bonds is 8. The lowest BCUT2D eigenvalue weighted by Gasteiger charge is -2.14. The third kappa shape index (κ3) is 8.39. The fourth-order valence-corrected chi connectivity index (χ4v) is 3.08. The van der Waals surface area contributed by atoms with Crippen molar-refractivity contribution in [3.8, 4) is 0 Å². The molecule has 7 nitrogen and oxygen atoms in total. The molecular weight excluding hydrogens is 358 g/mol. The predicted octanol–water partition coefficient (Wildman–Crippen LogP) is 1.85. The van der Waals surface area contributed by atoms with Crippen LogP contribution in [0, 0.1) is 6.92 Å². The zero-order valence-electron chi connectivity index (χ0n) is 15.0. The van der Waals surface area contributed by atoms with E-state index < -0.39 is 11.9 Å². The number of thiophene rings is 1. The number of aliphatic carboxylic acids is 2. The summed E-state index contributed by atoms with van der Waals surface area (Å²) in [6.07, 6.45) is 0.953. The van der Waals surface area contributed by atoms with Gasteiger partial charge < -0.3 is 25.0 Å². The van der Waals surface area contributed by atoms with Gasteiger partial charge in [0.1, 0.15) is 0 Å². The summed E-state index contributed by atoms with van der Waals surface area (Å²) in [5.74, 6) is -3.65. The zero-order valence-corrected chi connectivity index (χ0v) is 15.8. The van der Waals surface area contributed by atoms with Crippen LogP contribution in [0.5, 0.6) is 0 Å². The van der Waals surface area contributed by atoms with Gasteiger partial charge in [-0.25, -0.2) is 9.59 Å². The van der Waals surface area contributed by atoms with Gasteiger partial charge in [0.15, 0.2) is 0 Å². The normalized spacial score (nSPS) is 10.6. The van der Waals surface area contributed by atoms with Crippen LogP contribution in [0.25, 0.3) is 10.1 Å². The Bertz CT molecular complexity index is 703. The fraction of sp³-hybridized carbons (Fsp3) is 0.444. The molecular formula is C18H25NO6S. The molecule has 0 amide bonds. The molecule has 26 heavy (non-hydrogen) atoms. The van der Waals surface area contributed by atoms with E-state index in [4.69, 9.17) is 29.6 Å². The number of aliphatic hydroxyl groups is 1. The van der Waals surface area contributed by atoms with Crippen LogP contribution < -0.4 is 0 Å². The lowest BCUT2D eigenvalue weighted by Crippen LogP contribution is -2.26. The van der Waals surface area contributed by atoms with Crippen molar-refractivity contribution in [2.24, 2.45) is 0 Å². The van der Waals surface area contributed by atoms with E-state index in [1.54, 1.807) is 0 Å². The maximum Gasteiger partial charge on any atom is 0.414 e. The Morgan fingerprint density at radius 1 is 1.12 bits per heavy atom. The molecule has 0 atom stereocenters. The Morgan fingerprint density at radius 3 is 2.42 bits per heavy atom. The van der Waals surface area contributed by atoms with Crippen LogP contribution in [-0.2, 0) is 20.7 Å². The van der Waals surface area contributed by atoms with Crippen molar-refractivity contribution in [3.05, 3.63) is 34.7 Å². The number of likely N-dealkylation sites (N-methyl/N-ethyl adjacent to an activating group) is 1. The first-order chi connectivity index (χ1) is 12.3.